The summed E-state index contributed by atoms with van der Waals surface area (Å²) in [6, 6.07) is 1.50. The Morgan fingerprint density at radius 2 is 2.47 bits per heavy atom. The molecular formula is C9H16N4O2. The van der Waals surface area contributed by atoms with Gasteiger partial charge in [0.2, 0.25) is 0 Å². The topological polar surface area (TPSA) is 95.2 Å². The number of nitrogens with two attached hydrogens (primary N) is 1. The summed E-state index contributed by atoms with van der Waals surface area (Å²) in [6.07, 6.45) is 0.573. The standard InChI is InChI=1S/C9H16N4O2/c1-2-13(4-3-5-14)9(15)7-6-8(10)12-11-7/h6,14H,2-5H2,1H3,(H3,10,11,12). The van der Waals surface area contributed by atoms with E-state index in [1.807, 2.05) is 6.92 Å². The summed E-state index contributed by atoms with van der Waals surface area (Å²) in [4.78, 5) is 13.4. The van der Waals surface area contributed by atoms with Crippen molar-refractivity contribution in [2.24, 2.45) is 0 Å². The largest absolute Gasteiger partial charge is 0.396 e. The first-order valence-electron chi connectivity index (χ1n) is 4.90. The lowest BCUT2D eigenvalue weighted by molar-refractivity contribution is 0.0748. The molecule has 0 saturated heterocycles. The highest BCUT2D eigenvalue weighted by atomic mass is 16.3. The Labute approximate surface area is 88.1 Å². The Morgan fingerprint density at radius 3 is 2.93 bits per heavy atom. The van der Waals surface area contributed by atoms with Gasteiger partial charge in [0.05, 0.1) is 0 Å². The number of carbonyl (C=O) groups excluding carboxylic acids is 1. The van der Waals surface area contributed by atoms with Crippen molar-refractivity contribution >= 4 is 11.7 Å². The Balaban J connectivity index is 2.64. The number of H-pyrrole nitrogens is 1. The minimum absolute atomic E-state index is 0.0783. The SMILES string of the molecule is CCN(CCCO)C(=O)c1cc(N)n[nH]1. The van der Waals surface area contributed by atoms with E-state index in [4.69, 9.17) is 10.8 Å². The number of nitrogen functional groups attached to an aromatic ring is 1. The zero-order valence-electron chi connectivity index (χ0n) is 8.73. The second-order valence-corrected chi connectivity index (χ2v) is 3.17. The van der Waals surface area contributed by atoms with Crippen LogP contribution in [0.3, 0.4) is 0 Å². The van der Waals surface area contributed by atoms with Crippen molar-refractivity contribution in [3.8, 4) is 0 Å². The van der Waals surface area contributed by atoms with E-state index in [9.17, 15) is 4.79 Å². The molecule has 1 amide bonds. The zero-order chi connectivity index (χ0) is 11.3. The molecule has 15 heavy (non-hydrogen) atoms. The van der Waals surface area contributed by atoms with E-state index < -0.39 is 0 Å². The second-order valence-electron chi connectivity index (χ2n) is 3.17. The molecule has 0 bridgehead atoms. The highest BCUT2D eigenvalue weighted by Gasteiger charge is 2.15. The molecule has 0 aliphatic rings. The van der Waals surface area contributed by atoms with Gasteiger partial charge in [0.15, 0.2) is 0 Å². The van der Waals surface area contributed by atoms with Gasteiger partial charge in [0.1, 0.15) is 11.5 Å². The van der Waals surface area contributed by atoms with Crippen LogP contribution >= 0.6 is 0 Å². The lowest BCUT2D eigenvalue weighted by Gasteiger charge is -2.19. The molecular weight excluding hydrogens is 196 g/mol. The Hall–Kier alpha value is -1.56. The first kappa shape index (κ1) is 11.5. The van der Waals surface area contributed by atoms with Crippen molar-refractivity contribution in [2.75, 3.05) is 25.4 Å². The van der Waals surface area contributed by atoms with Crippen LogP contribution in [0.15, 0.2) is 6.07 Å². The minimum atomic E-state index is -0.143. The number of rotatable bonds is 5. The number of aromatic nitrogens is 2. The maximum Gasteiger partial charge on any atom is 0.271 e. The van der Waals surface area contributed by atoms with Gasteiger partial charge < -0.3 is 15.7 Å². The summed E-state index contributed by atoms with van der Waals surface area (Å²) in [6.45, 7) is 3.09. The highest BCUT2D eigenvalue weighted by Crippen LogP contribution is 2.05. The maximum atomic E-state index is 11.8. The molecule has 1 aromatic rings. The molecule has 0 unspecified atom stereocenters. The van der Waals surface area contributed by atoms with Crippen molar-refractivity contribution in [1.29, 1.82) is 0 Å². The van der Waals surface area contributed by atoms with Gasteiger partial charge in [-0.05, 0) is 13.3 Å². The fraction of sp³-hybridized carbons (Fsp3) is 0.556. The van der Waals surface area contributed by atoms with Crippen molar-refractivity contribution in [1.82, 2.24) is 15.1 Å². The predicted molar refractivity (Wildman–Crippen MR) is 56.3 cm³/mol. The smallest absolute Gasteiger partial charge is 0.271 e. The van der Waals surface area contributed by atoms with E-state index in [2.05, 4.69) is 10.2 Å². The van der Waals surface area contributed by atoms with E-state index >= 15 is 0 Å². The molecule has 4 N–H and O–H groups in total. The number of nitrogens with one attached hydrogen (secondary N) is 1. The molecule has 0 saturated carbocycles. The number of hydrogen-bond donors (Lipinski definition) is 3. The van der Waals surface area contributed by atoms with Crippen LogP contribution in [-0.2, 0) is 0 Å². The van der Waals surface area contributed by atoms with Crippen LogP contribution in [0.1, 0.15) is 23.8 Å². The van der Waals surface area contributed by atoms with Gasteiger partial charge >= 0.3 is 0 Å². The lowest BCUT2D eigenvalue weighted by atomic mass is 10.3. The summed E-state index contributed by atoms with van der Waals surface area (Å²) >= 11 is 0. The third-order valence-corrected chi connectivity index (χ3v) is 2.08. The summed E-state index contributed by atoms with van der Waals surface area (Å²) in [7, 11) is 0. The first-order valence-corrected chi connectivity index (χ1v) is 4.90. The maximum absolute atomic E-state index is 11.8. The van der Waals surface area contributed by atoms with Crippen LogP contribution in [0.25, 0.3) is 0 Å². The van der Waals surface area contributed by atoms with Gasteiger partial charge in [-0.3, -0.25) is 9.89 Å². The summed E-state index contributed by atoms with van der Waals surface area (Å²) < 4.78 is 0. The summed E-state index contributed by atoms with van der Waals surface area (Å²) in [5.74, 6) is 0.159. The van der Waals surface area contributed by atoms with Crippen molar-refractivity contribution in [2.45, 2.75) is 13.3 Å². The van der Waals surface area contributed by atoms with Gasteiger partial charge in [-0.2, -0.15) is 5.10 Å². The highest BCUT2D eigenvalue weighted by molar-refractivity contribution is 5.92. The Kier molecular flexibility index (Phi) is 4.11. The van der Waals surface area contributed by atoms with Crippen LogP contribution in [0.4, 0.5) is 5.82 Å². The van der Waals surface area contributed by atoms with Gasteiger partial charge in [0, 0.05) is 25.8 Å². The minimum Gasteiger partial charge on any atom is -0.396 e. The number of carbonyl (C=O) groups is 1. The predicted octanol–water partition coefficient (Wildman–Crippen LogP) is -0.164. The zero-order valence-corrected chi connectivity index (χ0v) is 8.73. The van der Waals surface area contributed by atoms with Crippen LogP contribution in [0, 0.1) is 0 Å². The van der Waals surface area contributed by atoms with Gasteiger partial charge in [-0.15, -0.1) is 0 Å². The molecule has 0 aromatic carbocycles. The molecule has 0 aliphatic heterocycles. The average molecular weight is 212 g/mol. The summed E-state index contributed by atoms with van der Waals surface area (Å²) in [5.41, 5.74) is 5.79. The van der Waals surface area contributed by atoms with Gasteiger partial charge in [-0.25, -0.2) is 0 Å². The van der Waals surface area contributed by atoms with Gasteiger partial charge in [-0.1, -0.05) is 0 Å². The third-order valence-electron chi connectivity index (χ3n) is 2.08. The third kappa shape index (κ3) is 2.95. The van der Waals surface area contributed by atoms with E-state index in [1.54, 1.807) is 4.90 Å². The number of nitrogens with zero attached hydrogens (tertiary/aromatic N) is 2. The number of aliphatic hydroxyl groups is 1. The fourth-order valence-electron chi connectivity index (χ4n) is 1.28. The monoisotopic (exact) mass is 212 g/mol. The first-order chi connectivity index (χ1) is 7.19. The molecule has 6 heteroatoms. The number of aromatic amines is 1. The molecule has 6 nitrogen and oxygen atoms in total. The number of amides is 1. The molecule has 1 heterocycles. The lowest BCUT2D eigenvalue weighted by Crippen LogP contribution is -2.32. The summed E-state index contributed by atoms with van der Waals surface area (Å²) in [5, 5.41) is 14.9. The van der Waals surface area contributed by atoms with E-state index in [-0.39, 0.29) is 12.5 Å². The molecule has 0 radical (unpaired) electrons. The number of hydrogen-bond acceptors (Lipinski definition) is 4. The van der Waals surface area contributed by atoms with Crippen molar-refractivity contribution < 1.29 is 9.90 Å². The molecule has 1 rings (SSSR count). The molecule has 1 aromatic heterocycles. The number of aliphatic hydroxyl groups excluding tert-OH is 1. The molecule has 84 valence electrons. The van der Waals surface area contributed by atoms with E-state index in [0.29, 0.717) is 31.0 Å². The number of anilines is 1. The molecule has 0 atom stereocenters. The fourth-order valence-corrected chi connectivity index (χ4v) is 1.28. The van der Waals surface area contributed by atoms with E-state index in [0.717, 1.165) is 0 Å². The van der Waals surface area contributed by atoms with Crippen LogP contribution < -0.4 is 5.73 Å². The van der Waals surface area contributed by atoms with Gasteiger partial charge in [0.25, 0.3) is 5.91 Å². The van der Waals surface area contributed by atoms with Crippen LogP contribution in [0.5, 0.6) is 0 Å². The average Bonchev–Trinajstić information content (AvgIpc) is 2.65. The van der Waals surface area contributed by atoms with Crippen LogP contribution in [-0.4, -0.2) is 45.8 Å². The van der Waals surface area contributed by atoms with Crippen molar-refractivity contribution in [3.63, 3.8) is 0 Å². The Morgan fingerprint density at radius 1 is 1.73 bits per heavy atom. The second kappa shape index (κ2) is 5.35. The molecule has 0 fully saturated rings. The van der Waals surface area contributed by atoms with Crippen molar-refractivity contribution in [3.05, 3.63) is 11.8 Å². The normalized spacial score (nSPS) is 10.3. The quantitative estimate of drug-likeness (QED) is 0.631. The molecule has 0 spiro atoms. The van der Waals surface area contributed by atoms with E-state index in [1.165, 1.54) is 6.07 Å². The van der Waals surface area contributed by atoms with Crippen LogP contribution in [0.2, 0.25) is 0 Å². The Bertz CT molecular complexity index is 324. The molecule has 0 aliphatic carbocycles.